The second kappa shape index (κ2) is 16.0. The Morgan fingerprint density at radius 1 is 0.976 bits per heavy atom. The van der Waals surface area contributed by atoms with Crippen LogP contribution in [-0.4, -0.2) is 28.4 Å². The van der Waals surface area contributed by atoms with E-state index in [2.05, 4.69) is 34.6 Å². The molecule has 0 atom stereocenters. The van der Waals surface area contributed by atoms with Gasteiger partial charge in [0, 0.05) is 59.7 Å². The minimum atomic E-state index is -0.437. The Balaban J connectivity index is 0.000000176. The number of hydrogen-bond acceptors (Lipinski definition) is 3. The Labute approximate surface area is 251 Å². The van der Waals surface area contributed by atoms with Gasteiger partial charge in [-0.25, -0.2) is 0 Å². The molecule has 2 aromatic carbocycles. The number of carbonyl (C=O) groups excluding carboxylic acids is 2. The summed E-state index contributed by atoms with van der Waals surface area (Å²) in [5.74, 6) is -0.572. The van der Waals surface area contributed by atoms with Gasteiger partial charge in [-0.3, -0.25) is 19.0 Å². The first-order chi connectivity index (χ1) is 20.4. The van der Waals surface area contributed by atoms with E-state index in [9.17, 15) is 14.4 Å². The van der Waals surface area contributed by atoms with Crippen molar-refractivity contribution in [2.24, 2.45) is 5.73 Å². The number of likely N-dealkylation sites (N-methyl/N-ethyl adjacent to an activating group) is 1. The van der Waals surface area contributed by atoms with Crippen LogP contribution >= 0.6 is 11.6 Å². The van der Waals surface area contributed by atoms with E-state index in [-0.39, 0.29) is 11.5 Å². The van der Waals surface area contributed by atoms with Crippen molar-refractivity contribution in [3.63, 3.8) is 0 Å². The summed E-state index contributed by atoms with van der Waals surface area (Å²) in [5.41, 5.74) is 10.9. The van der Waals surface area contributed by atoms with Gasteiger partial charge in [-0.2, -0.15) is 0 Å². The molecule has 0 aliphatic heterocycles. The van der Waals surface area contributed by atoms with Crippen molar-refractivity contribution in [1.29, 1.82) is 0 Å². The van der Waals surface area contributed by atoms with Crippen LogP contribution in [0.5, 0.6) is 0 Å². The number of H-pyrrole nitrogens is 1. The number of hydrogen-bond donors (Lipinski definition) is 3. The van der Waals surface area contributed by atoms with Crippen LogP contribution in [0.2, 0.25) is 5.02 Å². The SMILES string of the molecule is CC.CNC(=O)C1=CC=C(n2ccccc2=O)CC=C1.NC(=O)c1ccc2c(Cl)c[nH]c2c1.c1ccc2c(c1)CCC2. The van der Waals surface area contributed by atoms with Crippen LogP contribution in [-0.2, 0) is 17.6 Å². The van der Waals surface area contributed by atoms with Crippen molar-refractivity contribution in [2.45, 2.75) is 39.5 Å². The first-order valence-electron chi connectivity index (χ1n) is 14.0. The number of fused-ring (bicyclic) bond motifs is 2. The summed E-state index contributed by atoms with van der Waals surface area (Å²) in [4.78, 5) is 37.0. The topological polar surface area (TPSA) is 110 Å². The predicted octanol–water partition coefficient (Wildman–Crippen LogP) is 6.44. The van der Waals surface area contributed by atoms with E-state index in [0.717, 1.165) is 16.6 Å². The lowest BCUT2D eigenvalue weighted by Crippen LogP contribution is -2.18. The molecule has 2 amide bonds. The van der Waals surface area contributed by atoms with Crippen LogP contribution in [0.3, 0.4) is 0 Å². The molecule has 2 heterocycles. The number of allylic oxidation sites excluding steroid dienone is 4. The molecule has 6 rings (SSSR count). The number of aromatic nitrogens is 2. The molecule has 42 heavy (non-hydrogen) atoms. The number of nitrogens with one attached hydrogen (secondary N) is 2. The summed E-state index contributed by atoms with van der Waals surface area (Å²) in [7, 11) is 1.59. The molecular formula is C34H37ClN4O3. The third kappa shape index (κ3) is 8.44. The van der Waals surface area contributed by atoms with Crippen molar-refractivity contribution in [3.8, 4) is 0 Å². The maximum absolute atomic E-state index is 11.7. The molecule has 2 aliphatic rings. The average Bonchev–Trinajstić information content (AvgIpc) is 3.57. The molecule has 0 bridgehead atoms. The Morgan fingerprint density at radius 3 is 2.31 bits per heavy atom. The third-order valence-corrected chi connectivity index (χ3v) is 6.94. The van der Waals surface area contributed by atoms with E-state index in [4.69, 9.17) is 17.3 Å². The molecule has 8 heteroatoms. The summed E-state index contributed by atoms with van der Waals surface area (Å²) in [5, 5.41) is 4.11. The molecule has 2 aromatic heterocycles. The predicted molar refractivity (Wildman–Crippen MR) is 173 cm³/mol. The fraction of sp³-hybridized carbons (Fsp3) is 0.206. The number of benzene rings is 2. The minimum absolute atomic E-state index is 0.0751. The average molecular weight is 585 g/mol. The van der Waals surface area contributed by atoms with Gasteiger partial charge >= 0.3 is 0 Å². The minimum Gasteiger partial charge on any atom is -0.366 e. The number of aromatic amines is 1. The summed E-state index contributed by atoms with van der Waals surface area (Å²) in [6, 6.07) is 18.9. The second-order valence-corrected chi connectivity index (χ2v) is 9.67. The number of nitrogens with zero attached hydrogens (tertiary/aromatic N) is 1. The Morgan fingerprint density at radius 2 is 1.67 bits per heavy atom. The second-order valence-electron chi connectivity index (χ2n) is 9.26. The van der Waals surface area contributed by atoms with Crippen molar-refractivity contribution >= 4 is 40.0 Å². The fourth-order valence-corrected chi connectivity index (χ4v) is 4.73. The van der Waals surface area contributed by atoms with Crippen LogP contribution in [0, 0.1) is 0 Å². The molecule has 2 aliphatic carbocycles. The maximum atomic E-state index is 11.7. The monoisotopic (exact) mass is 584 g/mol. The van der Waals surface area contributed by atoms with Gasteiger partial charge in [0.1, 0.15) is 0 Å². The Bertz CT molecular complexity index is 1650. The number of halogens is 1. The number of rotatable bonds is 3. The number of amides is 2. The lowest BCUT2D eigenvalue weighted by atomic mass is 10.1. The zero-order valence-electron chi connectivity index (χ0n) is 24.2. The van der Waals surface area contributed by atoms with Crippen molar-refractivity contribution in [2.75, 3.05) is 7.05 Å². The molecule has 4 aromatic rings. The highest BCUT2D eigenvalue weighted by molar-refractivity contribution is 6.35. The molecular weight excluding hydrogens is 548 g/mol. The van der Waals surface area contributed by atoms with Gasteiger partial charge in [-0.1, -0.05) is 74.0 Å². The van der Waals surface area contributed by atoms with Gasteiger partial charge in [-0.15, -0.1) is 0 Å². The maximum Gasteiger partial charge on any atom is 0.254 e. The van der Waals surface area contributed by atoms with E-state index >= 15 is 0 Å². The molecule has 0 fully saturated rings. The number of pyridine rings is 1. The zero-order valence-corrected chi connectivity index (χ0v) is 24.9. The van der Waals surface area contributed by atoms with Crippen molar-refractivity contribution < 1.29 is 9.59 Å². The third-order valence-electron chi connectivity index (χ3n) is 6.63. The van der Waals surface area contributed by atoms with Crippen molar-refractivity contribution in [3.05, 3.63) is 135 Å². The van der Waals surface area contributed by atoms with Crippen LogP contribution in [0.15, 0.2) is 108 Å². The van der Waals surface area contributed by atoms with Gasteiger partial charge in [-0.05, 0) is 60.7 Å². The van der Waals surface area contributed by atoms with Crippen LogP contribution in [0.4, 0.5) is 0 Å². The highest BCUT2D eigenvalue weighted by Crippen LogP contribution is 2.23. The van der Waals surface area contributed by atoms with Gasteiger partial charge in [0.2, 0.25) is 5.91 Å². The molecule has 0 spiro atoms. The largest absolute Gasteiger partial charge is 0.366 e. The quantitative estimate of drug-likeness (QED) is 0.257. The highest BCUT2D eigenvalue weighted by atomic mass is 35.5. The summed E-state index contributed by atoms with van der Waals surface area (Å²) < 4.78 is 1.58. The first-order valence-corrected chi connectivity index (χ1v) is 14.4. The number of carbonyl (C=O) groups is 2. The van der Waals surface area contributed by atoms with Crippen LogP contribution in [0.25, 0.3) is 16.6 Å². The van der Waals surface area contributed by atoms with Gasteiger partial charge in [0.25, 0.3) is 11.5 Å². The summed E-state index contributed by atoms with van der Waals surface area (Å²) >= 11 is 5.86. The Kier molecular flexibility index (Phi) is 12.1. The van der Waals surface area contributed by atoms with Crippen LogP contribution < -0.4 is 16.6 Å². The normalized spacial score (nSPS) is 13.0. The van der Waals surface area contributed by atoms with E-state index in [1.54, 1.807) is 83.7 Å². The highest BCUT2D eigenvalue weighted by Gasteiger charge is 2.08. The van der Waals surface area contributed by atoms with E-state index in [1.165, 1.54) is 25.3 Å². The zero-order chi connectivity index (χ0) is 30.5. The molecule has 0 saturated carbocycles. The molecule has 0 radical (unpaired) electrons. The fourth-order valence-electron chi connectivity index (χ4n) is 4.51. The van der Waals surface area contributed by atoms with Gasteiger partial charge in [0.15, 0.2) is 0 Å². The summed E-state index contributed by atoms with van der Waals surface area (Å²) in [6.45, 7) is 4.00. The van der Waals surface area contributed by atoms with Crippen LogP contribution in [0.1, 0.15) is 48.2 Å². The van der Waals surface area contributed by atoms with Crippen molar-refractivity contribution in [1.82, 2.24) is 14.9 Å². The number of primary amides is 1. The first kappa shape index (κ1) is 31.9. The lowest BCUT2D eigenvalue weighted by molar-refractivity contribution is -0.116. The number of nitrogens with two attached hydrogens (primary N) is 1. The number of aryl methyl sites for hydroxylation is 2. The van der Waals surface area contributed by atoms with E-state index in [1.807, 2.05) is 19.9 Å². The molecule has 7 nitrogen and oxygen atoms in total. The van der Waals surface area contributed by atoms with E-state index in [0.29, 0.717) is 22.6 Å². The van der Waals surface area contributed by atoms with Gasteiger partial charge in [0.05, 0.1) is 5.02 Å². The summed E-state index contributed by atoms with van der Waals surface area (Å²) in [6.07, 6.45) is 15.1. The van der Waals surface area contributed by atoms with E-state index < -0.39 is 5.91 Å². The Hall–Kier alpha value is -4.62. The molecule has 4 N–H and O–H groups in total. The smallest absolute Gasteiger partial charge is 0.254 e. The standard InChI is InChI=1S/C14H14N2O2.C9H7ClN2O.C9H10.C2H6/c1-15-14(18)11-5-4-6-12(9-8-11)16-10-3-2-7-13(16)17;10-7-4-12-8-3-5(9(11)13)1-2-6(7)8;1-2-5-9-7-3-6-8(9)4-1;1-2/h2-5,7-10H,6H2,1H3,(H,15,18);1-4,12H,(H2,11,13);1-2,4-5H,3,6-7H2;1-2H3. The van der Waals surface area contributed by atoms with Gasteiger partial charge < -0.3 is 16.0 Å². The molecule has 218 valence electrons. The molecule has 0 unspecified atom stereocenters. The molecule has 0 saturated heterocycles. The lowest BCUT2D eigenvalue weighted by Gasteiger charge is -2.06.